The molecule has 1 aliphatic rings. The zero-order valence-corrected chi connectivity index (χ0v) is 10.1. The van der Waals surface area contributed by atoms with Gasteiger partial charge in [-0.05, 0) is 7.05 Å². The second-order valence-corrected chi connectivity index (χ2v) is 4.28. The van der Waals surface area contributed by atoms with Gasteiger partial charge in [0.05, 0.1) is 12.2 Å². The Morgan fingerprint density at radius 1 is 1.47 bits per heavy atom. The van der Waals surface area contributed by atoms with Crippen LogP contribution in [0.15, 0.2) is 16.9 Å². The maximum Gasteiger partial charge on any atom is 0.236 e. The molecule has 1 saturated heterocycles. The third kappa shape index (κ3) is 3.54. The molecule has 1 amide bonds. The van der Waals surface area contributed by atoms with E-state index >= 15 is 0 Å². The van der Waals surface area contributed by atoms with Crippen molar-refractivity contribution in [3.63, 3.8) is 0 Å². The first-order valence-electron chi connectivity index (χ1n) is 5.82. The number of piperazine rings is 1. The second-order valence-electron chi connectivity index (χ2n) is 4.28. The Kier molecular flexibility index (Phi) is 4.11. The summed E-state index contributed by atoms with van der Waals surface area (Å²) in [5.41, 5.74) is 0.816. The van der Waals surface area contributed by atoms with Gasteiger partial charge in [-0.3, -0.25) is 4.79 Å². The van der Waals surface area contributed by atoms with Crippen LogP contribution in [0.3, 0.4) is 0 Å². The van der Waals surface area contributed by atoms with E-state index in [0.29, 0.717) is 13.1 Å². The lowest BCUT2D eigenvalue weighted by Crippen LogP contribution is -2.49. The summed E-state index contributed by atoms with van der Waals surface area (Å²) in [6.07, 6.45) is 1.53. The highest BCUT2D eigenvalue weighted by Crippen LogP contribution is 1.99. The summed E-state index contributed by atoms with van der Waals surface area (Å²) in [5, 5.41) is 6.84. The largest absolute Gasteiger partial charge is 0.364 e. The van der Waals surface area contributed by atoms with Gasteiger partial charge in [-0.1, -0.05) is 5.16 Å². The van der Waals surface area contributed by atoms with Gasteiger partial charge in [0, 0.05) is 38.8 Å². The fraction of sp³-hybridized carbons (Fsp3) is 0.636. The number of hydrogen-bond donors (Lipinski definition) is 1. The Labute approximate surface area is 101 Å². The molecule has 2 heterocycles. The highest BCUT2D eigenvalue weighted by molar-refractivity contribution is 5.78. The number of aromatic nitrogens is 1. The van der Waals surface area contributed by atoms with Gasteiger partial charge in [-0.15, -0.1) is 0 Å². The van der Waals surface area contributed by atoms with Crippen LogP contribution in [0.5, 0.6) is 0 Å². The maximum absolute atomic E-state index is 11.8. The van der Waals surface area contributed by atoms with E-state index in [1.807, 2.05) is 4.90 Å². The average Bonchev–Trinajstić information content (AvgIpc) is 2.83. The first-order valence-corrected chi connectivity index (χ1v) is 5.82. The van der Waals surface area contributed by atoms with Crippen LogP contribution in [-0.2, 0) is 11.3 Å². The molecular weight excluding hydrogens is 220 g/mol. The van der Waals surface area contributed by atoms with Crippen LogP contribution in [0.4, 0.5) is 0 Å². The standard InChI is InChI=1S/C11H18N4O2/c1-14-3-5-15(6-4-14)11(16)9-12-8-10-2-7-17-13-10/h2,7,12H,3-6,8-9H2,1H3. The smallest absolute Gasteiger partial charge is 0.236 e. The predicted octanol–water partition coefficient (Wildman–Crippen LogP) is -0.462. The predicted molar refractivity (Wildman–Crippen MR) is 62.3 cm³/mol. The average molecular weight is 238 g/mol. The molecule has 2 rings (SSSR count). The van der Waals surface area contributed by atoms with E-state index in [1.54, 1.807) is 6.07 Å². The number of rotatable bonds is 4. The molecule has 0 atom stereocenters. The number of amides is 1. The molecule has 0 spiro atoms. The molecule has 17 heavy (non-hydrogen) atoms. The molecular formula is C11H18N4O2. The van der Waals surface area contributed by atoms with Crippen LogP contribution >= 0.6 is 0 Å². The van der Waals surface area contributed by atoms with Crippen molar-refractivity contribution in [3.8, 4) is 0 Å². The van der Waals surface area contributed by atoms with Crippen LogP contribution in [-0.4, -0.2) is 60.6 Å². The Morgan fingerprint density at radius 3 is 2.88 bits per heavy atom. The molecule has 1 aromatic rings. The fourth-order valence-corrected chi connectivity index (χ4v) is 1.79. The molecule has 0 aromatic carbocycles. The Morgan fingerprint density at radius 2 is 2.24 bits per heavy atom. The van der Waals surface area contributed by atoms with Crippen LogP contribution in [0, 0.1) is 0 Å². The summed E-state index contributed by atoms with van der Waals surface area (Å²) in [4.78, 5) is 16.0. The number of carbonyl (C=O) groups excluding carboxylic acids is 1. The van der Waals surface area contributed by atoms with Crippen molar-refractivity contribution in [3.05, 3.63) is 18.0 Å². The maximum atomic E-state index is 11.8. The Hall–Kier alpha value is -1.40. The van der Waals surface area contributed by atoms with Crippen molar-refractivity contribution in [2.75, 3.05) is 39.8 Å². The van der Waals surface area contributed by atoms with Crippen LogP contribution < -0.4 is 5.32 Å². The zero-order valence-electron chi connectivity index (χ0n) is 10.1. The highest BCUT2D eigenvalue weighted by atomic mass is 16.5. The minimum atomic E-state index is 0.154. The summed E-state index contributed by atoms with van der Waals surface area (Å²) in [5.74, 6) is 0.154. The molecule has 6 nitrogen and oxygen atoms in total. The van der Waals surface area contributed by atoms with E-state index in [4.69, 9.17) is 4.52 Å². The van der Waals surface area contributed by atoms with Crippen LogP contribution in [0.25, 0.3) is 0 Å². The zero-order chi connectivity index (χ0) is 12.1. The minimum Gasteiger partial charge on any atom is -0.364 e. The lowest BCUT2D eigenvalue weighted by molar-refractivity contribution is -0.131. The summed E-state index contributed by atoms with van der Waals surface area (Å²) < 4.78 is 4.71. The summed E-state index contributed by atoms with van der Waals surface area (Å²) in [7, 11) is 2.07. The van der Waals surface area contributed by atoms with Gasteiger partial charge < -0.3 is 19.6 Å². The molecule has 94 valence electrons. The molecule has 0 bridgehead atoms. The van der Waals surface area contributed by atoms with E-state index in [9.17, 15) is 4.79 Å². The molecule has 0 radical (unpaired) electrons. The second kappa shape index (κ2) is 5.79. The number of nitrogens with one attached hydrogen (secondary N) is 1. The van der Waals surface area contributed by atoms with Crippen molar-refractivity contribution < 1.29 is 9.32 Å². The van der Waals surface area contributed by atoms with E-state index in [2.05, 4.69) is 22.4 Å². The molecule has 0 unspecified atom stereocenters. The first kappa shape index (κ1) is 12.1. The lowest BCUT2D eigenvalue weighted by Gasteiger charge is -2.32. The SMILES string of the molecule is CN1CCN(C(=O)CNCc2ccon2)CC1. The Bertz CT molecular complexity index is 344. The van der Waals surface area contributed by atoms with Gasteiger partial charge in [0.15, 0.2) is 0 Å². The van der Waals surface area contributed by atoms with E-state index in [1.165, 1.54) is 6.26 Å². The van der Waals surface area contributed by atoms with E-state index in [-0.39, 0.29) is 5.91 Å². The number of nitrogens with zero attached hydrogens (tertiary/aromatic N) is 3. The van der Waals surface area contributed by atoms with E-state index < -0.39 is 0 Å². The molecule has 0 aliphatic carbocycles. The monoisotopic (exact) mass is 238 g/mol. The third-order valence-electron chi connectivity index (χ3n) is 2.93. The summed E-state index contributed by atoms with van der Waals surface area (Å²) >= 11 is 0. The molecule has 1 fully saturated rings. The van der Waals surface area contributed by atoms with Gasteiger partial charge in [0.25, 0.3) is 0 Å². The van der Waals surface area contributed by atoms with Gasteiger partial charge in [-0.25, -0.2) is 0 Å². The number of likely N-dealkylation sites (N-methyl/N-ethyl adjacent to an activating group) is 1. The molecule has 0 saturated carbocycles. The quantitative estimate of drug-likeness (QED) is 0.769. The van der Waals surface area contributed by atoms with Gasteiger partial charge in [0.2, 0.25) is 5.91 Å². The summed E-state index contributed by atoms with van der Waals surface area (Å²) in [6, 6.07) is 1.79. The van der Waals surface area contributed by atoms with Crippen molar-refractivity contribution >= 4 is 5.91 Å². The molecule has 6 heteroatoms. The van der Waals surface area contributed by atoms with Gasteiger partial charge in [0.1, 0.15) is 6.26 Å². The van der Waals surface area contributed by atoms with Crippen LogP contribution in [0.1, 0.15) is 5.69 Å². The van der Waals surface area contributed by atoms with Crippen LogP contribution in [0.2, 0.25) is 0 Å². The van der Waals surface area contributed by atoms with Crippen molar-refractivity contribution in [2.45, 2.75) is 6.54 Å². The summed E-state index contributed by atoms with van der Waals surface area (Å²) in [6.45, 7) is 4.47. The normalized spacial score (nSPS) is 17.4. The fourth-order valence-electron chi connectivity index (χ4n) is 1.79. The molecule has 1 aliphatic heterocycles. The minimum absolute atomic E-state index is 0.154. The third-order valence-corrected chi connectivity index (χ3v) is 2.93. The molecule has 1 aromatic heterocycles. The number of hydrogen-bond acceptors (Lipinski definition) is 5. The topological polar surface area (TPSA) is 61.6 Å². The van der Waals surface area contributed by atoms with Crippen molar-refractivity contribution in [2.24, 2.45) is 0 Å². The molecule has 1 N–H and O–H groups in total. The van der Waals surface area contributed by atoms with Crippen molar-refractivity contribution in [1.29, 1.82) is 0 Å². The highest BCUT2D eigenvalue weighted by Gasteiger charge is 2.18. The van der Waals surface area contributed by atoms with Gasteiger partial charge >= 0.3 is 0 Å². The van der Waals surface area contributed by atoms with Gasteiger partial charge in [-0.2, -0.15) is 0 Å². The Balaban J connectivity index is 1.67. The first-order chi connectivity index (χ1) is 8.25. The number of carbonyl (C=O) groups is 1. The lowest BCUT2D eigenvalue weighted by atomic mass is 10.3. The van der Waals surface area contributed by atoms with Crippen molar-refractivity contribution in [1.82, 2.24) is 20.3 Å². The van der Waals surface area contributed by atoms with E-state index in [0.717, 1.165) is 31.9 Å².